The zero-order chi connectivity index (χ0) is 9.10. The minimum Gasteiger partial charge on any atom is -0.322 e. The average Bonchev–Trinajstić information content (AvgIpc) is 2.56. The van der Waals surface area contributed by atoms with Crippen molar-refractivity contribution in [2.45, 2.75) is 13.3 Å². The predicted octanol–water partition coefficient (Wildman–Crippen LogP) is 2.71. The van der Waals surface area contributed by atoms with Crippen LogP contribution in [-0.2, 0) is 0 Å². The van der Waals surface area contributed by atoms with Gasteiger partial charge in [-0.05, 0) is 25.1 Å². The largest absolute Gasteiger partial charge is 0.322 e. The molecule has 0 aromatic carbocycles. The topological polar surface area (TPSA) is 17.3 Å². The van der Waals surface area contributed by atoms with E-state index in [1.165, 1.54) is 0 Å². The molecule has 66 valence electrons. The first-order valence-electron chi connectivity index (χ1n) is 4.39. The van der Waals surface area contributed by atoms with Gasteiger partial charge in [0.15, 0.2) is 0 Å². The number of aliphatic imine (C=N–C) groups is 1. The van der Waals surface area contributed by atoms with Gasteiger partial charge in [0, 0.05) is 24.5 Å². The van der Waals surface area contributed by atoms with E-state index in [0.29, 0.717) is 0 Å². The SMILES string of the molecule is CC1=NC=C(n2cccc2)C=CC1. The van der Waals surface area contributed by atoms with Gasteiger partial charge in [-0.25, -0.2) is 0 Å². The van der Waals surface area contributed by atoms with Crippen LogP contribution >= 0.6 is 0 Å². The Kier molecular flexibility index (Phi) is 2.13. The van der Waals surface area contributed by atoms with Crippen molar-refractivity contribution in [1.82, 2.24) is 4.57 Å². The van der Waals surface area contributed by atoms with E-state index in [9.17, 15) is 0 Å². The third-order valence-corrected chi connectivity index (χ3v) is 2.02. The van der Waals surface area contributed by atoms with Crippen LogP contribution in [-0.4, -0.2) is 10.3 Å². The van der Waals surface area contributed by atoms with Gasteiger partial charge in [-0.3, -0.25) is 4.99 Å². The maximum absolute atomic E-state index is 4.33. The maximum atomic E-state index is 4.33. The summed E-state index contributed by atoms with van der Waals surface area (Å²) in [6.07, 6.45) is 11.1. The summed E-state index contributed by atoms with van der Waals surface area (Å²) < 4.78 is 2.05. The number of aromatic nitrogens is 1. The maximum Gasteiger partial charge on any atom is 0.0629 e. The normalized spacial score (nSPS) is 16.4. The lowest BCUT2D eigenvalue weighted by Crippen LogP contribution is -1.88. The van der Waals surface area contributed by atoms with Crippen molar-refractivity contribution in [2.24, 2.45) is 4.99 Å². The van der Waals surface area contributed by atoms with Crippen LogP contribution < -0.4 is 0 Å². The molecular weight excluding hydrogens is 160 g/mol. The molecule has 0 fully saturated rings. The molecule has 2 rings (SSSR count). The van der Waals surface area contributed by atoms with Crippen LogP contribution in [0.15, 0.2) is 47.9 Å². The molecule has 0 bridgehead atoms. The number of rotatable bonds is 1. The minimum absolute atomic E-state index is 0.946. The van der Waals surface area contributed by atoms with Crippen molar-refractivity contribution in [3.63, 3.8) is 0 Å². The van der Waals surface area contributed by atoms with Crippen molar-refractivity contribution >= 4 is 11.4 Å². The lowest BCUT2D eigenvalue weighted by molar-refractivity contribution is 1.12. The monoisotopic (exact) mass is 172 g/mol. The van der Waals surface area contributed by atoms with Crippen molar-refractivity contribution in [1.29, 1.82) is 0 Å². The third-order valence-electron chi connectivity index (χ3n) is 2.02. The van der Waals surface area contributed by atoms with Gasteiger partial charge in [-0.1, -0.05) is 6.08 Å². The Morgan fingerprint density at radius 1 is 1.31 bits per heavy atom. The van der Waals surface area contributed by atoms with Crippen LogP contribution in [0.4, 0.5) is 0 Å². The molecule has 1 aliphatic rings. The highest BCUT2D eigenvalue weighted by atomic mass is 15.0. The van der Waals surface area contributed by atoms with Crippen LogP contribution in [0.5, 0.6) is 0 Å². The van der Waals surface area contributed by atoms with Gasteiger partial charge in [-0.15, -0.1) is 0 Å². The Labute approximate surface area is 77.9 Å². The van der Waals surface area contributed by atoms with Gasteiger partial charge in [-0.2, -0.15) is 0 Å². The molecule has 1 aromatic rings. The summed E-state index contributed by atoms with van der Waals surface area (Å²) in [6.45, 7) is 2.04. The van der Waals surface area contributed by atoms with Gasteiger partial charge >= 0.3 is 0 Å². The summed E-state index contributed by atoms with van der Waals surface area (Å²) in [5.74, 6) is 0. The molecule has 0 spiro atoms. The van der Waals surface area contributed by atoms with E-state index < -0.39 is 0 Å². The van der Waals surface area contributed by atoms with Crippen LogP contribution in [0.3, 0.4) is 0 Å². The molecule has 2 heteroatoms. The first-order chi connectivity index (χ1) is 6.36. The fourth-order valence-electron chi connectivity index (χ4n) is 1.28. The van der Waals surface area contributed by atoms with Crippen molar-refractivity contribution in [2.75, 3.05) is 0 Å². The minimum atomic E-state index is 0.946. The fourth-order valence-corrected chi connectivity index (χ4v) is 1.28. The second kappa shape index (κ2) is 3.44. The number of allylic oxidation sites excluding steroid dienone is 3. The van der Waals surface area contributed by atoms with E-state index in [1.807, 2.05) is 37.7 Å². The molecule has 0 N–H and O–H groups in total. The van der Waals surface area contributed by atoms with Crippen LogP contribution in [0, 0.1) is 0 Å². The van der Waals surface area contributed by atoms with E-state index in [-0.39, 0.29) is 0 Å². The summed E-state index contributed by atoms with van der Waals surface area (Å²) >= 11 is 0. The highest BCUT2D eigenvalue weighted by Crippen LogP contribution is 2.11. The smallest absolute Gasteiger partial charge is 0.0629 e. The number of nitrogens with zero attached hydrogens (tertiary/aromatic N) is 2. The molecule has 0 unspecified atom stereocenters. The van der Waals surface area contributed by atoms with Crippen LogP contribution in [0.1, 0.15) is 13.3 Å². The zero-order valence-corrected chi connectivity index (χ0v) is 7.64. The Bertz CT molecular complexity index is 367. The molecule has 2 nitrogen and oxygen atoms in total. The lowest BCUT2D eigenvalue weighted by Gasteiger charge is -1.99. The van der Waals surface area contributed by atoms with Crippen LogP contribution in [0.25, 0.3) is 5.70 Å². The zero-order valence-electron chi connectivity index (χ0n) is 7.64. The highest BCUT2D eigenvalue weighted by molar-refractivity contribution is 5.85. The molecule has 0 saturated heterocycles. The van der Waals surface area contributed by atoms with E-state index in [0.717, 1.165) is 17.8 Å². The first-order valence-corrected chi connectivity index (χ1v) is 4.39. The Hall–Kier alpha value is -1.57. The number of hydrogen-bond acceptors (Lipinski definition) is 1. The molecule has 0 atom stereocenters. The highest BCUT2D eigenvalue weighted by Gasteiger charge is 1.97. The van der Waals surface area contributed by atoms with E-state index in [1.54, 1.807) is 0 Å². The Balaban J connectivity index is 2.34. The standard InChI is InChI=1S/C11H12N2/c1-10-5-4-6-11(9-12-10)13-7-2-3-8-13/h2-4,6-9H,5H2,1H3. The Morgan fingerprint density at radius 3 is 2.85 bits per heavy atom. The van der Waals surface area contributed by atoms with Crippen molar-refractivity contribution < 1.29 is 0 Å². The molecule has 13 heavy (non-hydrogen) atoms. The van der Waals surface area contributed by atoms with Gasteiger partial charge in [0.2, 0.25) is 0 Å². The van der Waals surface area contributed by atoms with E-state index in [4.69, 9.17) is 0 Å². The van der Waals surface area contributed by atoms with E-state index in [2.05, 4.69) is 21.7 Å². The van der Waals surface area contributed by atoms with Gasteiger partial charge in [0.05, 0.1) is 11.9 Å². The molecule has 1 aromatic heterocycles. The summed E-state index contributed by atoms with van der Waals surface area (Å²) in [5, 5.41) is 0. The summed E-state index contributed by atoms with van der Waals surface area (Å²) in [4.78, 5) is 4.33. The van der Waals surface area contributed by atoms with Crippen molar-refractivity contribution in [3.05, 3.63) is 42.9 Å². The van der Waals surface area contributed by atoms with Gasteiger partial charge in [0.1, 0.15) is 0 Å². The molecule has 0 radical (unpaired) electrons. The summed E-state index contributed by atoms with van der Waals surface area (Å²) in [6, 6.07) is 4.02. The second-order valence-corrected chi connectivity index (χ2v) is 3.12. The quantitative estimate of drug-likeness (QED) is 0.619. The lowest BCUT2D eigenvalue weighted by atomic mass is 10.3. The van der Waals surface area contributed by atoms with Crippen LogP contribution in [0.2, 0.25) is 0 Å². The van der Waals surface area contributed by atoms with Crippen molar-refractivity contribution in [3.8, 4) is 0 Å². The average molecular weight is 172 g/mol. The molecule has 1 aliphatic heterocycles. The molecule has 0 aliphatic carbocycles. The molecule has 0 saturated carbocycles. The molecular formula is C11H12N2. The number of hydrogen-bond donors (Lipinski definition) is 0. The fraction of sp³-hybridized carbons (Fsp3) is 0.182. The predicted molar refractivity (Wildman–Crippen MR) is 55.6 cm³/mol. The van der Waals surface area contributed by atoms with Gasteiger partial charge < -0.3 is 4.57 Å². The third kappa shape index (κ3) is 1.78. The first kappa shape index (κ1) is 8.05. The van der Waals surface area contributed by atoms with Gasteiger partial charge in [0.25, 0.3) is 0 Å². The summed E-state index contributed by atoms with van der Waals surface area (Å²) in [7, 11) is 0. The van der Waals surface area contributed by atoms with E-state index >= 15 is 0 Å². The Morgan fingerprint density at radius 2 is 2.08 bits per heavy atom. The second-order valence-electron chi connectivity index (χ2n) is 3.12. The molecule has 0 amide bonds. The molecule has 2 heterocycles. The summed E-state index contributed by atoms with van der Waals surface area (Å²) in [5.41, 5.74) is 2.26.